The van der Waals surface area contributed by atoms with E-state index in [-0.39, 0.29) is 22.4 Å². The van der Waals surface area contributed by atoms with E-state index in [0.29, 0.717) is 16.8 Å². The van der Waals surface area contributed by atoms with Gasteiger partial charge in [0, 0.05) is 5.39 Å². The van der Waals surface area contributed by atoms with Crippen LogP contribution < -0.4 is 14.5 Å². The number of carbonyl (C=O) groups excluding carboxylic acids is 3. The number of fused-ring (bicyclic) bond motifs is 1. The standard InChI is InChI=1S/C30H22N2O6/c1-18-7-5-10-21(15-18)31-27(33)24(17-19-13-14-26(38-2)23(16-19)29(35)36)28(34)32(30(31)37)25-12-6-9-20-8-3-4-11-22(20)25/h3-17H,1-2H3,(H,35,36). The fourth-order valence-corrected chi connectivity index (χ4v) is 4.49. The maximum Gasteiger partial charge on any atom is 0.343 e. The fraction of sp³-hybridized carbons (Fsp3) is 0.0667. The molecule has 0 radical (unpaired) electrons. The Bertz CT molecular complexity index is 1670. The summed E-state index contributed by atoms with van der Waals surface area (Å²) in [4.78, 5) is 55.0. The van der Waals surface area contributed by atoms with Gasteiger partial charge in [0.2, 0.25) is 0 Å². The Kier molecular flexibility index (Phi) is 6.22. The molecule has 8 nitrogen and oxygen atoms in total. The number of carboxylic acids is 1. The SMILES string of the molecule is COc1ccc(C=C2C(=O)N(c3cccc(C)c3)C(=O)N(c3cccc4ccccc34)C2=O)cc1C(=O)O. The summed E-state index contributed by atoms with van der Waals surface area (Å²) in [6.45, 7) is 1.83. The number of nitrogens with zero attached hydrogens (tertiary/aromatic N) is 2. The van der Waals surface area contributed by atoms with E-state index in [1.165, 1.54) is 31.4 Å². The first-order chi connectivity index (χ1) is 18.3. The molecule has 38 heavy (non-hydrogen) atoms. The van der Waals surface area contributed by atoms with Crippen LogP contribution in [-0.4, -0.2) is 36.0 Å². The van der Waals surface area contributed by atoms with Crippen molar-refractivity contribution >= 4 is 52.0 Å². The Labute approximate surface area is 218 Å². The molecular formula is C30H22N2O6. The van der Waals surface area contributed by atoms with Crippen molar-refractivity contribution in [1.82, 2.24) is 0 Å². The van der Waals surface area contributed by atoms with Crippen molar-refractivity contribution in [3.8, 4) is 5.75 Å². The third-order valence-corrected chi connectivity index (χ3v) is 6.28. The molecular weight excluding hydrogens is 484 g/mol. The van der Waals surface area contributed by atoms with Gasteiger partial charge in [-0.3, -0.25) is 9.59 Å². The number of urea groups is 1. The molecule has 1 aliphatic heterocycles. The lowest BCUT2D eigenvalue weighted by molar-refractivity contribution is -0.121. The number of carbonyl (C=O) groups is 4. The molecule has 0 aromatic heterocycles. The number of hydrogen-bond donors (Lipinski definition) is 1. The summed E-state index contributed by atoms with van der Waals surface area (Å²) in [6.07, 6.45) is 1.30. The van der Waals surface area contributed by atoms with Gasteiger partial charge in [-0.25, -0.2) is 19.4 Å². The molecule has 1 aliphatic rings. The zero-order valence-corrected chi connectivity index (χ0v) is 20.5. The lowest BCUT2D eigenvalue weighted by atomic mass is 10.0. The fourth-order valence-electron chi connectivity index (χ4n) is 4.49. The number of hydrogen-bond acceptors (Lipinski definition) is 5. The van der Waals surface area contributed by atoms with Gasteiger partial charge in [-0.05, 0) is 59.8 Å². The van der Waals surface area contributed by atoms with Crippen molar-refractivity contribution in [2.75, 3.05) is 16.9 Å². The van der Waals surface area contributed by atoms with E-state index in [1.807, 2.05) is 31.2 Å². The summed E-state index contributed by atoms with van der Waals surface area (Å²) < 4.78 is 5.11. The first-order valence-electron chi connectivity index (χ1n) is 11.7. The van der Waals surface area contributed by atoms with Gasteiger partial charge < -0.3 is 9.84 Å². The van der Waals surface area contributed by atoms with Crippen LogP contribution in [0.15, 0.2) is 90.5 Å². The van der Waals surface area contributed by atoms with Crippen LogP contribution in [0.5, 0.6) is 5.75 Å². The Morgan fingerprint density at radius 1 is 0.842 bits per heavy atom. The van der Waals surface area contributed by atoms with E-state index in [4.69, 9.17) is 4.74 Å². The second-order valence-corrected chi connectivity index (χ2v) is 8.72. The molecule has 188 valence electrons. The lowest BCUT2D eigenvalue weighted by Gasteiger charge is -2.34. The Morgan fingerprint density at radius 3 is 2.29 bits per heavy atom. The number of rotatable bonds is 5. The van der Waals surface area contributed by atoms with Gasteiger partial charge in [-0.1, -0.05) is 54.6 Å². The molecule has 1 saturated heterocycles. The number of benzene rings is 4. The van der Waals surface area contributed by atoms with E-state index in [0.717, 1.165) is 20.7 Å². The highest BCUT2D eigenvalue weighted by Gasteiger charge is 2.44. The number of imide groups is 2. The minimum Gasteiger partial charge on any atom is -0.496 e. The molecule has 0 aliphatic carbocycles. The zero-order valence-electron chi connectivity index (χ0n) is 20.5. The average molecular weight is 507 g/mol. The van der Waals surface area contributed by atoms with Gasteiger partial charge in [0.1, 0.15) is 16.9 Å². The Hall–Kier alpha value is -5.24. The number of methoxy groups -OCH3 is 1. The minimum atomic E-state index is -1.22. The number of ether oxygens (including phenoxy) is 1. The van der Waals surface area contributed by atoms with Gasteiger partial charge in [-0.2, -0.15) is 0 Å². The van der Waals surface area contributed by atoms with E-state index < -0.39 is 23.8 Å². The molecule has 1 fully saturated rings. The number of anilines is 2. The molecule has 1 heterocycles. The van der Waals surface area contributed by atoms with E-state index in [1.54, 1.807) is 42.5 Å². The Balaban J connectivity index is 1.72. The minimum absolute atomic E-state index is 0.130. The number of barbiturate groups is 1. The van der Waals surface area contributed by atoms with Gasteiger partial charge >= 0.3 is 12.0 Å². The maximum absolute atomic E-state index is 13.8. The smallest absolute Gasteiger partial charge is 0.343 e. The van der Waals surface area contributed by atoms with E-state index in [2.05, 4.69) is 0 Å². The summed E-state index contributed by atoms with van der Waals surface area (Å²) in [5.41, 5.74) is 1.33. The number of aromatic carboxylic acids is 1. The largest absolute Gasteiger partial charge is 0.496 e. The van der Waals surface area contributed by atoms with Gasteiger partial charge in [0.15, 0.2) is 0 Å². The second-order valence-electron chi connectivity index (χ2n) is 8.72. The second kappa shape index (κ2) is 9.67. The van der Waals surface area contributed by atoms with Gasteiger partial charge in [-0.15, -0.1) is 0 Å². The molecule has 0 spiro atoms. The normalized spacial score (nSPS) is 14.9. The van der Waals surface area contributed by atoms with Crippen molar-refractivity contribution in [3.05, 3.63) is 107 Å². The van der Waals surface area contributed by atoms with Crippen molar-refractivity contribution in [2.24, 2.45) is 0 Å². The first kappa shape index (κ1) is 24.5. The molecule has 0 atom stereocenters. The van der Waals surface area contributed by atoms with Gasteiger partial charge in [0.05, 0.1) is 18.5 Å². The zero-order chi connectivity index (χ0) is 27.0. The van der Waals surface area contributed by atoms with Crippen LogP contribution in [-0.2, 0) is 9.59 Å². The summed E-state index contributed by atoms with van der Waals surface area (Å²) in [6, 6.07) is 22.9. The molecule has 0 bridgehead atoms. The van der Waals surface area contributed by atoms with Crippen LogP contribution in [0.3, 0.4) is 0 Å². The summed E-state index contributed by atoms with van der Waals surface area (Å²) >= 11 is 0. The predicted octanol–water partition coefficient (Wildman–Crippen LogP) is 5.44. The van der Waals surface area contributed by atoms with Crippen LogP contribution in [0.25, 0.3) is 16.8 Å². The predicted molar refractivity (Wildman–Crippen MR) is 143 cm³/mol. The van der Waals surface area contributed by atoms with Crippen LogP contribution in [0, 0.1) is 6.92 Å². The summed E-state index contributed by atoms with van der Waals surface area (Å²) in [7, 11) is 1.35. The topological polar surface area (TPSA) is 104 Å². The van der Waals surface area contributed by atoms with Crippen LogP contribution in [0.2, 0.25) is 0 Å². The molecule has 0 unspecified atom stereocenters. The monoisotopic (exact) mass is 506 g/mol. The van der Waals surface area contributed by atoms with Crippen molar-refractivity contribution < 1.29 is 29.0 Å². The highest BCUT2D eigenvalue weighted by atomic mass is 16.5. The summed E-state index contributed by atoms with van der Waals surface area (Å²) in [5.74, 6) is -2.71. The number of aryl methyl sites for hydroxylation is 1. The van der Waals surface area contributed by atoms with Crippen LogP contribution in [0.4, 0.5) is 16.2 Å². The lowest BCUT2D eigenvalue weighted by Crippen LogP contribution is -2.57. The molecule has 5 rings (SSSR count). The molecule has 8 heteroatoms. The molecule has 1 N–H and O–H groups in total. The molecule has 4 amide bonds. The molecule has 0 saturated carbocycles. The average Bonchev–Trinajstić information content (AvgIpc) is 2.91. The quantitative estimate of drug-likeness (QED) is 0.286. The highest BCUT2D eigenvalue weighted by Crippen LogP contribution is 2.34. The van der Waals surface area contributed by atoms with Crippen LogP contribution >= 0.6 is 0 Å². The van der Waals surface area contributed by atoms with Crippen molar-refractivity contribution in [1.29, 1.82) is 0 Å². The molecule has 4 aromatic carbocycles. The van der Waals surface area contributed by atoms with Crippen molar-refractivity contribution in [3.63, 3.8) is 0 Å². The highest BCUT2D eigenvalue weighted by molar-refractivity contribution is 6.46. The molecule has 4 aromatic rings. The van der Waals surface area contributed by atoms with Gasteiger partial charge in [0.25, 0.3) is 11.8 Å². The Morgan fingerprint density at radius 2 is 1.55 bits per heavy atom. The maximum atomic E-state index is 13.8. The van der Waals surface area contributed by atoms with Crippen LogP contribution in [0.1, 0.15) is 21.5 Å². The van der Waals surface area contributed by atoms with E-state index >= 15 is 0 Å². The number of amides is 4. The van der Waals surface area contributed by atoms with Crippen molar-refractivity contribution in [2.45, 2.75) is 6.92 Å². The van der Waals surface area contributed by atoms with E-state index in [9.17, 15) is 24.3 Å². The third kappa shape index (κ3) is 4.18. The first-order valence-corrected chi connectivity index (χ1v) is 11.7. The third-order valence-electron chi connectivity index (χ3n) is 6.28. The number of carboxylic acid groups (broad SMARTS) is 1. The summed E-state index contributed by atoms with van der Waals surface area (Å²) in [5, 5.41) is 11.1.